The van der Waals surface area contributed by atoms with Crippen LogP contribution in [0.2, 0.25) is 5.02 Å². The number of amides is 2. The first-order chi connectivity index (χ1) is 20.6. The molecule has 1 unspecified atom stereocenters. The van der Waals surface area contributed by atoms with Gasteiger partial charge in [0.25, 0.3) is 5.91 Å². The van der Waals surface area contributed by atoms with Crippen molar-refractivity contribution in [3.63, 3.8) is 0 Å². The standard InChI is InChI=1S/C32H36ClFN4O4S/c1-21(2)22-15-17-35-29(19-22)38-28(16-18-43(38,41)42)32(40)37(25-12-8-9-23(34)20-25)30(26-13-6-7-14-27(26)33)31(39)36-24-10-4-3-5-11-24/h6-9,12-15,17,19-21,24,28,30H,3-5,10-11,16,18H2,1-2H3,(H,36,39)/t28-,30?/m0/s1. The third-order valence-corrected chi connectivity index (χ3v) is 10.3. The summed E-state index contributed by atoms with van der Waals surface area (Å²) in [5.41, 5.74) is 1.32. The zero-order valence-corrected chi connectivity index (χ0v) is 25.8. The second-order valence-corrected chi connectivity index (χ2v) is 13.8. The molecule has 1 N–H and O–H groups in total. The lowest BCUT2D eigenvalue weighted by Crippen LogP contribution is -2.53. The molecule has 1 aliphatic carbocycles. The Balaban J connectivity index is 1.63. The third kappa shape index (κ3) is 6.70. The first kappa shape index (κ1) is 30.9. The number of aromatic nitrogens is 1. The van der Waals surface area contributed by atoms with Crippen molar-refractivity contribution in [2.45, 2.75) is 76.4 Å². The Hall–Kier alpha value is -3.50. The van der Waals surface area contributed by atoms with Crippen LogP contribution in [-0.2, 0) is 19.6 Å². The zero-order valence-electron chi connectivity index (χ0n) is 24.2. The van der Waals surface area contributed by atoms with Crippen molar-refractivity contribution in [3.05, 3.63) is 88.8 Å². The van der Waals surface area contributed by atoms with Crippen LogP contribution in [0.3, 0.4) is 0 Å². The fraction of sp³-hybridized carbons (Fsp3) is 0.406. The lowest BCUT2D eigenvalue weighted by Gasteiger charge is -2.36. The predicted molar refractivity (Wildman–Crippen MR) is 166 cm³/mol. The molecule has 1 saturated heterocycles. The van der Waals surface area contributed by atoms with Crippen molar-refractivity contribution in [1.82, 2.24) is 10.3 Å². The Morgan fingerprint density at radius 3 is 2.47 bits per heavy atom. The molecule has 3 aromatic rings. The van der Waals surface area contributed by atoms with E-state index in [1.54, 1.807) is 36.4 Å². The molecule has 5 rings (SSSR count). The Bertz CT molecular complexity index is 1600. The van der Waals surface area contributed by atoms with Crippen LogP contribution in [0.15, 0.2) is 66.9 Å². The van der Waals surface area contributed by atoms with Gasteiger partial charge in [0, 0.05) is 28.5 Å². The smallest absolute Gasteiger partial charge is 0.252 e. The highest BCUT2D eigenvalue weighted by Gasteiger charge is 2.47. The van der Waals surface area contributed by atoms with E-state index < -0.39 is 39.7 Å². The molecule has 2 heterocycles. The average molecular weight is 627 g/mol. The fourth-order valence-corrected chi connectivity index (χ4v) is 7.85. The highest BCUT2D eigenvalue weighted by molar-refractivity contribution is 7.93. The van der Waals surface area contributed by atoms with Crippen molar-refractivity contribution < 1.29 is 22.4 Å². The van der Waals surface area contributed by atoms with E-state index in [1.165, 1.54) is 35.4 Å². The molecule has 11 heteroatoms. The number of anilines is 2. The second-order valence-electron chi connectivity index (χ2n) is 11.5. The number of rotatable bonds is 8. The molecular formula is C32H36ClFN4O4S. The van der Waals surface area contributed by atoms with Gasteiger partial charge in [-0.1, -0.05) is 69.0 Å². The highest BCUT2D eigenvalue weighted by Crippen LogP contribution is 2.37. The first-order valence-electron chi connectivity index (χ1n) is 14.7. The maximum atomic E-state index is 14.7. The summed E-state index contributed by atoms with van der Waals surface area (Å²) in [5, 5.41) is 3.36. The molecule has 2 amide bonds. The summed E-state index contributed by atoms with van der Waals surface area (Å²) in [6.07, 6.45) is 6.15. The van der Waals surface area contributed by atoms with Crippen molar-refractivity contribution in [2.75, 3.05) is 15.0 Å². The molecule has 2 aliphatic rings. The first-order valence-corrected chi connectivity index (χ1v) is 16.7. The highest BCUT2D eigenvalue weighted by atomic mass is 35.5. The van der Waals surface area contributed by atoms with Crippen LogP contribution in [0.4, 0.5) is 15.9 Å². The number of sulfonamides is 1. The van der Waals surface area contributed by atoms with Gasteiger partial charge in [-0.2, -0.15) is 0 Å². The van der Waals surface area contributed by atoms with Crippen LogP contribution in [0, 0.1) is 5.82 Å². The SMILES string of the molecule is CC(C)c1ccnc(N2[C@H](C(=O)N(c3cccc(F)c3)C(C(=O)NC3CCCCC3)c3ccccc3Cl)CCS2(=O)=O)c1. The number of carbonyl (C=O) groups excluding carboxylic acids is 2. The van der Waals surface area contributed by atoms with Crippen molar-refractivity contribution in [3.8, 4) is 0 Å². The van der Waals surface area contributed by atoms with Gasteiger partial charge in [-0.15, -0.1) is 0 Å². The normalized spacial score (nSPS) is 19.3. The van der Waals surface area contributed by atoms with Gasteiger partial charge in [0.05, 0.1) is 5.75 Å². The summed E-state index contributed by atoms with van der Waals surface area (Å²) in [5.74, 6) is -1.81. The molecule has 2 atom stereocenters. The maximum absolute atomic E-state index is 14.7. The minimum Gasteiger partial charge on any atom is -0.351 e. The summed E-state index contributed by atoms with van der Waals surface area (Å²) in [7, 11) is -3.92. The molecule has 1 aromatic heterocycles. The van der Waals surface area contributed by atoms with Crippen molar-refractivity contribution >= 4 is 44.9 Å². The summed E-state index contributed by atoms with van der Waals surface area (Å²) < 4.78 is 42.6. The van der Waals surface area contributed by atoms with Crippen LogP contribution in [0.25, 0.3) is 0 Å². The van der Waals surface area contributed by atoms with E-state index in [1.807, 2.05) is 13.8 Å². The molecule has 0 spiro atoms. The predicted octanol–water partition coefficient (Wildman–Crippen LogP) is 6.13. The van der Waals surface area contributed by atoms with Gasteiger partial charge in [-0.3, -0.25) is 14.5 Å². The number of benzene rings is 2. The topological polar surface area (TPSA) is 99.7 Å². The molecule has 0 bridgehead atoms. The number of nitrogens with one attached hydrogen (secondary N) is 1. The van der Waals surface area contributed by atoms with Gasteiger partial charge < -0.3 is 5.32 Å². The molecule has 1 saturated carbocycles. The quantitative estimate of drug-likeness (QED) is 0.324. The van der Waals surface area contributed by atoms with Crippen LogP contribution >= 0.6 is 11.6 Å². The fourth-order valence-electron chi connectivity index (χ4n) is 5.92. The van der Waals surface area contributed by atoms with Gasteiger partial charge >= 0.3 is 0 Å². The van der Waals surface area contributed by atoms with E-state index in [9.17, 15) is 22.4 Å². The lowest BCUT2D eigenvalue weighted by molar-refractivity contribution is -0.127. The Labute approximate surface area is 257 Å². The largest absolute Gasteiger partial charge is 0.351 e. The third-order valence-electron chi connectivity index (χ3n) is 8.16. The van der Waals surface area contributed by atoms with Gasteiger partial charge in [-0.25, -0.2) is 22.1 Å². The summed E-state index contributed by atoms with van der Waals surface area (Å²) in [4.78, 5) is 34.4. The van der Waals surface area contributed by atoms with E-state index >= 15 is 0 Å². The van der Waals surface area contributed by atoms with Gasteiger partial charge in [-0.05, 0) is 67.1 Å². The Morgan fingerprint density at radius 2 is 1.77 bits per heavy atom. The minimum atomic E-state index is -3.92. The average Bonchev–Trinajstić information content (AvgIpc) is 3.31. The zero-order chi connectivity index (χ0) is 30.7. The lowest BCUT2D eigenvalue weighted by atomic mass is 9.94. The number of hydrogen-bond acceptors (Lipinski definition) is 5. The van der Waals surface area contributed by atoms with E-state index in [2.05, 4.69) is 10.3 Å². The van der Waals surface area contributed by atoms with E-state index in [0.717, 1.165) is 42.0 Å². The van der Waals surface area contributed by atoms with Crippen molar-refractivity contribution in [2.24, 2.45) is 0 Å². The van der Waals surface area contributed by atoms with Gasteiger partial charge in [0.15, 0.2) is 0 Å². The van der Waals surface area contributed by atoms with E-state index in [-0.39, 0.29) is 40.7 Å². The second kappa shape index (κ2) is 13.0. The van der Waals surface area contributed by atoms with Gasteiger partial charge in [0.2, 0.25) is 15.9 Å². The maximum Gasteiger partial charge on any atom is 0.252 e. The number of hydrogen-bond donors (Lipinski definition) is 1. The van der Waals surface area contributed by atoms with Crippen LogP contribution < -0.4 is 14.5 Å². The number of carbonyl (C=O) groups is 2. The molecule has 8 nitrogen and oxygen atoms in total. The van der Waals surface area contributed by atoms with Crippen molar-refractivity contribution in [1.29, 1.82) is 0 Å². The van der Waals surface area contributed by atoms with Crippen LogP contribution in [-0.4, -0.2) is 43.1 Å². The summed E-state index contributed by atoms with van der Waals surface area (Å²) >= 11 is 6.64. The van der Waals surface area contributed by atoms with Crippen LogP contribution in [0.1, 0.15) is 75.5 Å². The monoisotopic (exact) mass is 626 g/mol. The van der Waals surface area contributed by atoms with E-state index in [4.69, 9.17) is 11.6 Å². The number of pyridine rings is 1. The summed E-state index contributed by atoms with van der Waals surface area (Å²) in [6.45, 7) is 3.95. The van der Waals surface area contributed by atoms with E-state index in [0.29, 0.717) is 5.56 Å². The van der Waals surface area contributed by atoms with Gasteiger partial charge in [0.1, 0.15) is 23.7 Å². The molecular weight excluding hydrogens is 591 g/mol. The molecule has 2 aromatic carbocycles. The summed E-state index contributed by atoms with van der Waals surface area (Å²) in [6, 6.07) is 13.0. The number of nitrogens with zero attached hydrogens (tertiary/aromatic N) is 3. The molecule has 0 radical (unpaired) electrons. The van der Waals surface area contributed by atoms with Crippen LogP contribution in [0.5, 0.6) is 0 Å². The molecule has 1 aliphatic heterocycles. The molecule has 228 valence electrons. The Kier molecular flexibility index (Phi) is 9.36. The molecule has 2 fully saturated rings. The number of halogens is 2. The minimum absolute atomic E-state index is 0.0277. The molecule has 43 heavy (non-hydrogen) atoms. The Morgan fingerprint density at radius 1 is 1.02 bits per heavy atom.